The molecule has 0 bridgehead atoms. The highest BCUT2D eigenvalue weighted by molar-refractivity contribution is 7.71. The third-order valence-electron chi connectivity index (χ3n) is 5.61. The minimum absolute atomic E-state index is 0.606. The van der Waals surface area contributed by atoms with Crippen molar-refractivity contribution in [3.8, 4) is 0 Å². The smallest absolute Gasteiger partial charge is 0.199 e. The van der Waals surface area contributed by atoms with E-state index in [0.717, 1.165) is 42.8 Å². The molecule has 0 unspecified atom stereocenters. The number of rotatable bonds is 7. The van der Waals surface area contributed by atoms with Crippen molar-refractivity contribution >= 4 is 12.2 Å². The molecule has 0 spiro atoms. The van der Waals surface area contributed by atoms with E-state index in [1.54, 1.807) is 0 Å². The molecule has 0 atom stereocenters. The maximum atomic E-state index is 5.69. The van der Waals surface area contributed by atoms with E-state index in [0.29, 0.717) is 5.92 Å². The molecule has 4 rings (SSSR count). The lowest BCUT2D eigenvalue weighted by Gasteiger charge is -2.31. The van der Waals surface area contributed by atoms with Crippen molar-refractivity contribution in [3.63, 3.8) is 0 Å². The van der Waals surface area contributed by atoms with Gasteiger partial charge >= 0.3 is 0 Å². The summed E-state index contributed by atoms with van der Waals surface area (Å²) in [7, 11) is 0. The van der Waals surface area contributed by atoms with Crippen LogP contribution in [0.5, 0.6) is 0 Å². The quantitative estimate of drug-likeness (QED) is 0.535. The van der Waals surface area contributed by atoms with Crippen LogP contribution in [0.25, 0.3) is 0 Å². The summed E-state index contributed by atoms with van der Waals surface area (Å²) in [6.07, 6.45) is 8.12. The number of hydrogen-bond donors (Lipinski definition) is 0. The zero-order valence-corrected chi connectivity index (χ0v) is 16.2. The molecule has 1 aliphatic carbocycles. The first-order chi connectivity index (χ1) is 12.7. The minimum Gasteiger partial charge on any atom is -0.300 e. The van der Waals surface area contributed by atoms with Crippen molar-refractivity contribution in [1.82, 2.24) is 19.2 Å². The zero-order chi connectivity index (χ0) is 17.9. The summed E-state index contributed by atoms with van der Waals surface area (Å²) in [5.74, 6) is 2.56. The zero-order valence-electron chi connectivity index (χ0n) is 15.4. The summed E-state index contributed by atoms with van der Waals surface area (Å²) < 4.78 is 5.05. The lowest BCUT2D eigenvalue weighted by molar-refractivity contribution is 0.139. The number of piperidine rings is 1. The summed E-state index contributed by atoms with van der Waals surface area (Å²) >= 11 is 5.69. The van der Waals surface area contributed by atoms with Gasteiger partial charge in [0.2, 0.25) is 0 Å². The summed E-state index contributed by atoms with van der Waals surface area (Å²) in [5.41, 5.74) is 1.46. The molecule has 0 N–H and O–H groups in total. The van der Waals surface area contributed by atoms with Crippen molar-refractivity contribution in [3.05, 3.63) is 59.1 Å². The van der Waals surface area contributed by atoms with Gasteiger partial charge in [-0.3, -0.25) is 9.47 Å². The summed E-state index contributed by atoms with van der Waals surface area (Å²) in [5, 5.41) is 4.86. The highest BCUT2D eigenvalue weighted by atomic mass is 32.1. The molecule has 2 heterocycles. The van der Waals surface area contributed by atoms with E-state index in [-0.39, 0.29) is 0 Å². The van der Waals surface area contributed by atoms with E-state index in [9.17, 15) is 0 Å². The molecule has 1 aromatic carbocycles. The molecule has 5 heteroatoms. The van der Waals surface area contributed by atoms with Gasteiger partial charge in [0.05, 0.1) is 6.67 Å². The summed E-state index contributed by atoms with van der Waals surface area (Å²) in [4.78, 5) is 2.50. The van der Waals surface area contributed by atoms with Crippen molar-refractivity contribution in [1.29, 1.82) is 0 Å². The number of nitrogens with zero attached hydrogens (tertiary/aromatic N) is 4. The molecule has 2 aromatic rings. The molecule has 2 fully saturated rings. The van der Waals surface area contributed by atoms with Crippen LogP contribution in [0.4, 0.5) is 0 Å². The predicted octanol–water partition coefficient (Wildman–Crippen LogP) is 4.39. The topological polar surface area (TPSA) is 26.0 Å². The van der Waals surface area contributed by atoms with Gasteiger partial charge in [-0.25, -0.2) is 4.68 Å². The highest BCUT2D eigenvalue weighted by Crippen LogP contribution is 2.39. The standard InChI is InChI=1S/C21H28N4S/c1-2-12-24-20(19-8-9-19)22-25(21(24)26)16-23-13-10-18(11-14-23)15-17-6-4-3-5-7-17/h2-7,18-19H,1,8-16H2. The lowest BCUT2D eigenvalue weighted by Crippen LogP contribution is -2.36. The third-order valence-corrected chi connectivity index (χ3v) is 6.05. The largest absolute Gasteiger partial charge is 0.300 e. The van der Waals surface area contributed by atoms with Crippen LogP contribution < -0.4 is 0 Å². The van der Waals surface area contributed by atoms with Crippen LogP contribution in [0.1, 0.15) is 43.0 Å². The maximum absolute atomic E-state index is 5.69. The van der Waals surface area contributed by atoms with Gasteiger partial charge in [-0.1, -0.05) is 36.4 Å². The average Bonchev–Trinajstić information content (AvgIpc) is 3.46. The summed E-state index contributed by atoms with van der Waals surface area (Å²) in [6, 6.07) is 10.9. The van der Waals surface area contributed by atoms with E-state index in [1.807, 2.05) is 10.8 Å². The van der Waals surface area contributed by atoms with Gasteiger partial charge in [0, 0.05) is 25.6 Å². The molecule has 0 amide bonds. The molecule has 26 heavy (non-hydrogen) atoms. The first-order valence-electron chi connectivity index (χ1n) is 9.79. The normalized spacial score (nSPS) is 18.9. The first kappa shape index (κ1) is 17.7. The maximum Gasteiger partial charge on any atom is 0.199 e. The molecule has 1 saturated heterocycles. The van der Waals surface area contributed by atoms with E-state index in [2.05, 4.69) is 46.4 Å². The van der Waals surface area contributed by atoms with Crippen LogP contribution >= 0.6 is 12.2 Å². The fourth-order valence-electron chi connectivity index (χ4n) is 3.96. The molecule has 0 radical (unpaired) electrons. The van der Waals surface area contributed by atoms with Gasteiger partial charge in [-0.05, 0) is 55.8 Å². The minimum atomic E-state index is 0.606. The Labute approximate surface area is 161 Å². The van der Waals surface area contributed by atoms with Crippen LogP contribution in [0, 0.1) is 10.7 Å². The monoisotopic (exact) mass is 368 g/mol. The molecular formula is C21H28N4S. The van der Waals surface area contributed by atoms with Gasteiger partial charge < -0.3 is 0 Å². The second-order valence-electron chi connectivity index (χ2n) is 7.71. The van der Waals surface area contributed by atoms with Gasteiger partial charge in [0.25, 0.3) is 0 Å². The second-order valence-corrected chi connectivity index (χ2v) is 8.07. The van der Waals surface area contributed by atoms with Crippen molar-refractivity contribution < 1.29 is 0 Å². The Bertz CT molecular complexity index is 795. The Balaban J connectivity index is 1.36. The van der Waals surface area contributed by atoms with Crippen molar-refractivity contribution in [2.45, 2.75) is 51.2 Å². The van der Waals surface area contributed by atoms with Crippen molar-refractivity contribution in [2.75, 3.05) is 13.1 Å². The fraction of sp³-hybridized carbons (Fsp3) is 0.524. The van der Waals surface area contributed by atoms with Gasteiger partial charge in [0.15, 0.2) is 4.77 Å². The first-order valence-corrected chi connectivity index (χ1v) is 10.2. The Kier molecular flexibility index (Phi) is 5.36. The molecule has 1 saturated carbocycles. The van der Waals surface area contributed by atoms with E-state index in [4.69, 9.17) is 17.3 Å². The molecule has 2 aliphatic rings. The highest BCUT2D eigenvalue weighted by Gasteiger charge is 2.30. The van der Waals surface area contributed by atoms with Crippen molar-refractivity contribution in [2.24, 2.45) is 5.92 Å². The average molecular weight is 369 g/mol. The van der Waals surface area contributed by atoms with E-state index in [1.165, 1.54) is 37.7 Å². The number of hydrogen-bond acceptors (Lipinski definition) is 3. The predicted molar refractivity (Wildman–Crippen MR) is 108 cm³/mol. The summed E-state index contributed by atoms with van der Waals surface area (Å²) in [6.45, 7) is 7.72. The SMILES string of the molecule is C=CCn1c(C2CC2)nn(CN2CCC(Cc3ccccc3)CC2)c1=S. The third kappa shape index (κ3) is 3.99. The van der Waals surface area contributed by atoms with Gasteiger partial charge in [-0.15, -0.1) is 6.58 Å². The van der Waals surface area contributed by atoms with E-state index < -0.39 is 0 Å². The van der Waals surface area contributed by atoms with Gasteiger partial charge in [-0.2, -0.15) is 5.10 Å². The molecule has 1 aromatic heterocycles. The number of likely N-dealkylation sites (tertiary alicyclic amines) is 1. The molecule has 1 aliphatic heterocycles. The second kappa shape index (κ2) is 7.89. The molecule has 138 valence electrons. The number of benzene rings is 1. The lowest BCUT2D eigenvalue weighted by atomic mass is 9.90. The Morgan fingerprint density at radius 2 is 1.85 bits per heavy atom. The Morgan fingerprint density at radius 3 is 2.50 bits per heavy atom. The Morgan fingerprint density at radius 1 is 1.12 bits per heavy atom. The van der Waals surface area contributed by atoms with Gasteiger partial charge in [0.1, 0.15) is 5.82 Å². The van der Waals surface area contributed by atoms with Crippen LogP contribution in [0.2, 0.25) is 0 Å². The van der Waals surface area contributed by atoms with Crippen LogP contribution in [0.3, 0.4) is 0 Å². The van der Waals surface area contributed by atoms with Crippen LogP contribution in [-0.4, -0.2) is 32.3 Å². The molecular weight excluding hydrogens is 340 g/mol. The number of aromatic nitrogens is 3. The van der Waals surface area contributed by atoms with E-state index >= 15 is 0 Å². The van der Waals surface area contributed by atoms with Crippen LogP contribution in [-0.2, 0) is 19.6 Å². The van der Waals surface area contributed by atoms with Crippen LogP contribution in [0.15, 0.2) is 43.0 Å². The molecule has 4 nitrogen and oxygen atoms in total. The number of allylic oxidation sites excluding steroid dienone is 1. The Hall–Kier alpha value is -1.72. The fourth-order valence-corrected chi connectivity index (χ4v) is 4.23.